The number of hydrogen-bond donors (Lipinski definition) is 1. The molecule has 3 nitrogen and oxygen atoms in total. The fraction of sp³-hybridized carbons (Fsp3) is 0.364. The van der Waals surface area contributed by atoms with E-state index in [1.54, 1.807) is 19.1 Å². The van der Waals surface area contributed by atoms with Gasteiger partial charge in [0, 0.05) is 4.43 Å². The second-order valence-electron chi connectivity index (χ2n) is 3.67. The van der Waals surface area contributed by atoms with Crippen LogP contribution in [-0.2, 0) is 4.79 Å². The van der Waals surface area contributed by atoms with Crippen LogP contribution in [-0.4, -0.2) is 18.9 Å². The number of carbonyl (C=O) groups excluding carboxylic acids is 1. The molecule has 0 heterocycles. The number of benzene rings is 1. The molecular formula is C11H12I2O3. The SMILES string of the molecule is Cc1cc(OC(=O)C(C)(I)CI)ccc1O. The van der Waals surface area contributed by atoms with Crippen LogP contribution in [0.15, 0.2) is 18.2 Å². The first-order valence-electron chi connectivity index (χ1n) is 4.63. The lowest BCUT2D eigenvalue weighted by atomic mass is 10.2. The molecule has 1 aromatic carbocycles. The van der Waals surface area contributed by atoms with Crippen LogP contribution in [0.3, 0.4) is 0 Å². The molecule has 0 radical (unpaired) electrons. The minimum atomic E-state index is -0.524. The van der Waals surface area contributed by atoms with Crippen LogP contribution in [0.4, 0.5) is 0 Å². The Bertz CT molecular complexity index is 402. The van der Waals surface area contributed by atoms with Crippen molar-refractivity contribution < 1.29 is 14.6 Å². The van der Waals surface area contributed by atoms with Crippen LogP contribution < -0.4 is 4.74 Å². The van der Waals surface area contributed by atoms with E-state index in [0.717, 1.165) is 0 Å². The fourth-order valence-electron chi connectivity index (χ4n) is 0.959. The van der Waals surface area contributed by atoms with Crippen molar-refractivity contribution in [2.75, 3.05) is 4.43 Å². The Kier molecular flexibility index (Phi) is 4.84. The van der Waals surface area contributed by atoms with Gasteiger partial charge >= 0.3 is 5.97 Å². The summed E-state index contributed by atoms with van der Waals surface area (Å²) in [6.07, 6.45) is 0. The van der Waals surface area contributed by atoms with Crippen molar-refractivity contribution in [1.82, 2.24) is 0 Å². The predicted octanol–water partition coefficient (Wildman–Crippen LogP) is 3.23. The van der Waals surface area contributed by atoms with Crippen LogP contribution in [0.25, 0.3) is 0 Å². The molecular weight excluding hydrogens is 434 g/mol. The molecule has 0 spiro atoms. The first-order valence-corrected chi connectivity index (χ1v) is 7.24. The molecule has 16 heavy (non-hydrogen) atoms. The van der Waals surface area contributed by atoms with Gasteiger partial charge in [-0.1, -0.05) is 45.2 Å². The van der Waals surface area contributed by atoms with Gasteiger partial charge in [0.2, 0.25) is 0 Å². The Labute approximate surface area is 122 Å². The zero-order valence-corrected chi connectivity index (χ0v) is 13.3. The summed E-state index contributed by atoms with van der Waals surface area (Å²) < 4.78 is 5.40. The lowest BCUT2D eigenvalue weighted by molar-refractivity contribution is -0.135. The number of esters is 1. The van der Waals surface area contributed by atoms with Gasteiger partial charge in [-0.05, 0) is 37.6 Å². The van der Waals surface area contributed by atoms with E-state index in [9.17, 15) is 9.90 Å². The molecule has 0 aliphatic carbocycles. The van der Waals surface area contributed by atoms with Gasteiger partial charge in [0.1, 0.15) is 14.9 Å². The molecule has 0 saturated carbocycles. The molecule has 1 atom stereocenters. The zero-order chi connectivity index (χ0) is 12.3. The fourth-order valence-corrected chi connectivity index (χ4v) is 1.38. The Morgan fingerprint density at radius 2 is 2.19 bits per heavy atom. The van der Waals surface area contributed by atoms with E-state index in [4.69, 9.17) is 4.74 Å². The molecule has 0 aliphatic rings. The molecule has 1 aromatic rings. The highest BCUT2D eigenvalue weighted by atomic mass is 127. The maximum absolute atomic E-state index is 11.8. The molecule has 0 amide bonds. The molecule has 0 aliphatic heterocycles. The predicted molar refractivity (Wildman–Crippen MR) is 79.8 cm³/mol. The van der Waals surface area contributed by atoms with Crippen molar-refractivity contribution in [2.45, 2.75) is 17.3 Å². The molecule has 0 aromatic heterocycles. The number of alkyl halides is 2. The summed E-state index contributed by atoms with van der Waals surface area (Å²) in [5.41, 5.74) is 0.690. The first-order chi connectivity index (χ1) is 7.36. The number of phenols is 1. The molecule has 0 bridgehead atoms. The topological polar surface area (TPSA) is 46.5 Å². The van der Waals surface area contributed by atoms with E-state index in [1.165, 1.54) is 6.07 Å². The molecule has 88 valence electrons. The normalized spacial score (nSPS) is 14.2. The number of halogens is 2. The number of aryl methyl sites for hydroxylation is 1. The van der Waals surface area contributed by atoms with Crippen molar-refractivity contribution in [3.05, 3.63) is 23.8 Å². The zero-order valence-electron chi connectivity index (χ0n) is 8.96. The molecule has 1 unspecified atom stereocenters. The van der Waals surface area contributed by atoms with Crippen molar-refractivity contribution in [2.24, 2.45) is 0 Å². The van der Waals surface area contributed by atoms with E-state index < -0.39 is 3.42 Å². The van der Waals surface area contributed by atoms with Crippen molar-refractivity contribution in [3.8, 4) is 11.5 Å². The highest BCUT2D eigenvalue weighted by Gasteiger charge is 2.30. The summed E-state index contributed by atoms with van der Waals surface area (Å²) in [6.45, 7) is 3.59. The third-order valence-electron chi connectivity index (χ3n) is 2.06. The number of ether oxygens (including phenoxy) is 1. The molecule has 5 heteroatoms. The number of aromatic hydroxyl groups is 1. The van der Waals surface area contributed by atoms with E-state index in [-0.39, 0.29) is 11.7 Å². The Balaban J connectivity index is 2.82. The smallest absolute Gasteiger partial charge is 0.327 e. The quantitative estimate of drug-likeness (QED) is 0.336. The largest absolute Gasteiger partial charge is 0.508 e. The second kappa shape index (κ2) is 5.52. The summed E-state index contributed by atoms with van der Waals surface area (Å²) in [5, 5.41) is 9.34. The third kappa shape index (κ3) is 3.47. The van der Waals surface area contributed by atoms with Gasteiger partial charge in [-0.2, -0.15) is 0 Å². The first kappa shape index (κ1) is 14.0. The van der Waals surface area contributed by atoms with E-state index in [1.807, 2.05) is 6.92 Å². The summed E-state index contributed by atoms with van der Waals surface area (Å²) in [4.78, 5) is 11.8. The average molecular weight is 446 g/mol. The van der Waals surface area contributed by atoms with Crippen molar-refractivity contribution >= 4 is 51.2 Å². The Morgan fingerprint density at radius 1 is 1.56 bits per heavy atom. The molecule has 0 fully saturated rings. The number of hydrogen-bond acceptors (Lipinski definition) is 3. The van der Waals surface area contributed by atoms with Crippen LogP contribution in [0.2, 0.25) is 0 Å². The summed E-state index contributed by atoms with van der Waals surface area (Å²) in [6, 6.07) is 4.75. The van der Waals surface area contributed by atoms with E-state index in [0.29, 0.717) is 15.7 Å². The standard InChI is InChI=1S/C11H12I2O3/c1-7-5-8(3-4-9(7)14)16-10(15)11(2,13)6-12/h3-5,14H,6H2,1-2H3. The summed E-state index contributed by atoms with van der Waals surface area (Å²) in [7, 11) is 0. The Morgan fingerprint density at radius 3 is 2.69 bits per heavy atom. The maximum Gasteiger partial charge on any atom is 0.327 e. The van der Waals surface area contributed by atoms with Crippen LogP contribution in [0.1, 0.15) is 12.5 Å². The summed E-state index contributed by atoms with van der Waals surface area (Å²) >= 11 is 4.23. The number of rotatable bonds is 3. The number of carbonyl (C=O) groups is 1. The van der Waals surface area contributed by atoms with E-state index in [2.05, 4.69) is 45.2 Å². The van der Waals surface area contributed by atoms with Crippen molar-refractivity contribution in [1.29, 1.82) is 0 Å². The lowest BCUT2D eigenvalue weighted by Gasteiger charge is -2.17. The van der Waals surface area contributed by atoms with Gasteiger partial charge in [0.25, 0.3) is 0 Å². The van der Waals surface area contributed by atoms with Gasteiger partial charge in [-0.25, -0.2) is 0 Å². The maximum atomic E-state index is 11.8. The van der Waals surface area contributed by atoms with Crippen LogP contribution in [0.5, 0.6) is 11.5 Å². The van der Waals surface area contributed by atoms with Gasteiger partial charge in [0.05, 0.1) is 0 Å². The van der Waals surface area contributed by atoms with Crippen LogP contribution >= 0.6 is 45.2 Å². The van der Waals surface area contributed by atoms with E-state index >= 15 is 0 Å². The minimum Gasteiger partial charge on any atom is -0.508 e. The van der Waals surface area contributed by atoms with Gasteiger partial charge in [-0.3, -0.25) is 4.79 Å². The van der Waals surface area contributed by atoms with Gasteiger partial charge < -0.3 is 9.84 Å². The van der Waals surface area contributed by atoms with Gasteiger partial charge in [-0.15, -0.1) is 0 Å². The second-order valence-corrected chi connectivity index (χ2v) is 6.81. The average Bonchev–Trinajstić information content (AvgIpc) is 2.23. The van der Waals surface area contributed by atoms with Crippen molar-refractivity contribution in [3.63, 3.8) is 0 Å². The van der Waals surface area contributed by atoms with Crippen LogP contribution in [0, 0.1) is 6.92 Å². The number of phenolic OH excluding ortho intramolecular Hbond substituents is 1. The minimum absolute atomic E-state index is 0.200. The molecule has 1 N–H and O–H groups in total. The highest BCUT2D eigenvalue weighted by molar-refractivity contribution is 14.1. The lowest BCUT2D eigenvalue weighted by Crippen LogP contribution is -2.34. The molecule has 0 saturated heterocycles. The summed E-state index contributed by atoms with van der Waals surface area (Å²) in [5.74, 6) is 0.395. The highest BCUT2D eigenvalue weighted by Crippen LogP contribution is 2.26. The third-order valence-corrected chi connectivity index (χ3v) is 5.86. The van der Waals surface area contributed by atoms with Gasteiger partial charge in [0.15, 0.2) is 0 Å². The Hall–Kier alpha value is -0.0500. The molecule has 1 rings (SSSR count). The monoisotopic (exact) mass is 446 g/mol.